The van der Waals surface area contributed by atoms with E-state index in [-0.39, 0.29) is 11.4 Å². The van der Waals surface area contributed by atoms with Gasteiger partial charge in [-0.1, -0.05) is 47.2 Å². The minimum atomic E-state index is -0.978. The first-order valence-corrected chi connectivity index (χ1v) is 7.76. The molecule has 2 heterocycles. The SMILES string of the molecule is Fc1cccc(-c2nnc3sc(-c4ccccc4Cl)nn23)c1F. The van der Waals surface area contributed by atoms with Gasteiger partial charge >= 0.3 is 0 Å². The van der Waals surface area contributed by atoms with Crippen molar-refractivity contribution >= 4 is 27.9 Å². The minimum Gasteiger partial charge on any atom is -0.204 e. The molecule has 0 fully saturated rings. The quantitative estimate of drug-likeness (QED) is 0.537. The highest BCUT2D eigenvalue weighted by Crippen LogP contribution is 2.32. The summed E-state index contributed by atoms with van der Waals surface area (Å²) >= 11 is 7.44. The molecule has 0 saturated heterocycles. The van der Waals surface area contributed by atoms with Gasteiger partial charge in [0.1, 0.15) is 5.01 Å². The van der Waals surface area contributed by atoms with E-state index < -0.39 is 11.6 Å². The van der Waals surface area contributed by atoms with Gasteiger partial charge < -0.3 is 0 Å². The molecule has 2 aromatic heterocycles. The van der Waals surface area contributed by atoms with Crippen molar-refractivity contribution in [2.75, 3.05) is 0 Å². The predicted molar refractivity (Wildman–Crippen MR) is 84.5 cm³/mol. The monoisotopic (exact) mass is 348 g/mol. The third-order valence-electron chi connectivity index (χ3n) is 3.29. The van der Waals surface area contributed by atoms with Crippen LogP contribution in [-0.2, 0) is 0 Å². The second kappa shape index (κ2) is 5.36. The molecule has 0 saturated carbocycles. The van der Waals surface area contributed by atoms with Crippen LogP contribution in [0.4, 0.5) is 8.78 Å². The summed E-state index contributed by atoms with van der Waals surface area (Å²) in [5.41, 5.74) is 0.754. The molecule has 8 heteroatoms. The van der Waals surface area contributed by atoms with Crippen molar-refractivity contribution in [1.82, 2.24) is 19.8 Å². The molecule has 0 radical (unpaired) electrons. The molecule has 0 aliphatic carbocycles. The van der Waals surface area contributed by atoms with E-state index in [2.05, 4.69) is 15.3 Å². The second-order valence-corrected chi connectivity index (χ2v) is 6.07. The lowest BCUT2D eigenvalue weighted by atomic mass is 10.2. The first-order valence-electron chi connectivity index (χ1n) is 6.56. The summed E-state index contributed by atoms with van der Waals surface area (Å²) in [6.45, 7) is 0. The Morgan fingerprint density at radius 3 is 2.57 bits per heavy atom. The van der Waals surface area contributed by atoms with Crippen molar-refractivity contribution in [3.8, 4) is 22.0 Å². The standard InChI is InChI=1S/C15H7ClF2N4S/c16-10-6-2-1-4-8(10)14-21-22-13(19-20-15(22)23-14)9-5-3-7-11(17)12(9)18/h1-7H. The fourth-order valence-corrected chi connectivity index (χ4v) is 3.36. The largest absolute Gasteiger partial charge is 0.235 e. The molecule has 23 heavy (non-hydrogen) atoms. The highest BCUT2D eigenvalue weighted by Gasteiger charge is 2.19. The number of hydrogen-bond donors (Lipinski definition) is 0. The van der Waals surface area contributed by atoms with Crippen LogP contribution in [-0.4, -0.2) is 19.8 Å². The number of fused-ring (bicyclic) bond motifs is 1. The average Bonchev–Trinajstić information content (AvgIpc) is 3.11. The Bertz CT molecular complexity index is 1030. The number of nitrogens with zero attached hydrogens (tertiary/aromatic N) is 4. The molecular weight excluding hydrogens is 342 g/mol. The van der Waals surface area contributed by atoms with Gasteiger partial charge in [-0.05, 0) is 18.2 Å². The Labute approximate surface area is 138 Å². The van der Waals surface area contributed by atoms with Crippen LogP contribution in [0.3, 0.4) is 0 Å². The molecule has 0 unspecified atom stereocenters. The van der Waals surface area contributed by atoms with Crippen LogP contribution in [0.25, 0.3) is 26.9 Å². The van der Waals surface area contributed by atoms with Crippen LogP contribution in [0.15, 0.2) is 42.5 Å². The number of aromatic nitrogens is 4. The van der Waals surface area contributed by atoms with Crippen molar-refractivity contribution < 1.29 is 8.78 Å². The topological polar surface area (TPSA) is 43.1 Å². The lowest BCUT2D eigenvalue weighted by Gasteiger charge is -2.00. The smallest absolute Gasteiger partial charge is 0.204 e. The van der Waals surface area contributed by atoms with E-state index in [0.29, 0.717) is 15.0 Å². The molecule has 114 valence electrons. The Hall–Kier alpha value is -2.38. The van der Waals surface area contributed by atoms with E-state index in [1.54, 1.807) is 6.07 Å². The van der Waals surface area contributed by atoms with Crippen LogP contribution < -0.4 is 0 Å². The maximum absolute atomic E-state index is 14.0. The Morgan fingerprint density at radius 1 is 0.957 bits per heavy atom. The molecule has 4 rings (SSSR count). The van der Waals surface area contributed by atoms with Crippen molar-refractivity contribution in [2.45, 2.75) is 0 Å². The summed E-state index contributed by atoms with van der Waals surface area (Å²) in [7, 11) is 0. The van der Waals surface area contributed by atoms with Crippen LogP contribution in [0, 0.1) is 11.6 Å². The average molecular weight is 349 g/mol. The maximum atomic E-state index is 14.0. The summed E-state index contributed by atoms with van der Waals surface area (Å²) < 4.78 is 28.8. The van der Waals surface area contributed by atoms with Gasteiger partial charge in [-0.3, -0.25) is 0 Å². The molecule has 4 aromatic rings. The number of halogens is 3. The molecule has 0 spiro atoms. The summed E-state index contributed by atoms with van der Waals surface area (Å²) in [6, 6.07) is 11.1. The molecule has 4 nitrogen and oxygen atoms in total. The maximum Gasteiger partial charge on any atom is 0.235 e. The summed E-state index contributed by atoms with van der Waals surface area (Å²) in [5.74, 6) is -1.78. The lowest BCUT2D eigenvalue weighted by molar-refractivity contribution is 0.510. The van der Waals surface area contributed by atoms with Gasteiger partial charge in [0, 0.05) is 5.56 Å². The first-order chi connectivity index (χ1) is 11.1. The zero-order chi connectivity index (χ0) is 16.0. The van der Waals surface area contributed by atoms with Gasteiger partial charge in [-0.2, -0.15) is 9.61 Å². The normalized spacial score (nSPS) is 11.3. The lowest BCUT2D eigenvalue weighted by Crippen LogP contribution is -1.95. The van der Waals surface area contributed by atoms with E-state index in [1.807, 2.05) is 18.2 Å². The van der Waals surface area contributed by atoms with Crippen molar-refractivity contribution in [1.29, 1.82) is 0 Å². The molecule has 2 aromatic carbocycles. The highest BCUT2D eigenvalue weighted by atomic mass is 35.5. The molecule has 0 bridgehead atoms. The summed E-state index contributed by atoms with van der Waals surface area (Å²) in [5, 5.41) is 13.4. The highest BCUT2D eigenvalue weighted by molar-refractivity contribution is 7.19. The first kappa shape index (κ1) is 14.2. The van der Waals surface area contributed by atoms with Gasteiger partial charge in [0.2, 0.25) is 4.96 Å². The third kappa shape index (κ3) is 2.29. The molecular formula is C15H7ClF2N4S. The predicted octanol–water partition coefficient (Wildman–Crippen LogP) is 4.45. The zero-order valence-electron chi connectivity index (χ0n) is 11.4. The fourth-order valence-electron chi connectivity index (χ4n) is 2.20. The van der Waals surface area contributed by atoms with Crippen LogP contribution >= 0.6 is 22.9 Å². The van der Waals surface area contributed by atoms with Crippen LogP contribution in [0.5, 0.6) is 0 Å². The molecule has 0 N–H and O–H groups in total. The van der Waals surface area contributed by atoms with Crippen LogP contribution in [0.2, 0.25) is 5.02 Å². The molecule has 0 aliphatic rings. The van der Waals surface area contributed by atoms with Crippen molar-refractivity contribution in [3.63, 3.8) is 0 Å². The van der Waals surface area contributed by atoms with E-state index in [9.17, 15) is 8.78 Å². The van der Waals surface area contributed by atoms with Crippen molar-refractivity contribution in [2.24, 2.45) is 0 Å². The van der Waals surface area contributed by atoms with E-state index >= 15 is 0 Å². The van der Waals surface area contributed by atoms with E-state index in [4.69, 9.17) is 11.6 Å². The van der Waals surface area contributed by atoms with Gasteiger partial charge in [0.15, 0.2) is 17.5 Å². The van der Waals surface area contributed by atoms with Crippen molar-refractivity contribution in [3.05, 3.63) is 59.1 Å². The minimum absolute atomic E-state index is 0.00788. The summed E-state index contributed by atoms with van der Waals surface area (Å²) in [6.07, 6.45) is 0. The number of rotatable bonds is 2. The third-order valence-corrected chi connectivity index (χ3v) is 4.55. The second-order valence-electron chi connectivity index (χ2n) is 4.71. The zero-order valence-corrected chi connectivity index (χ0v) is 12.9. The number of benzene rings is 2. The van der Waals surface area contributed by atoms with Gasteiger partial charge in [0.25, 0.3) is 0 Å². The fraction of sp³-hybridized carbons (Fsp3) is 0. The van der Waals surface area contributed by atoms with Gasteiger partial charge in [-0.15, -0.1) is 10.2 Å². The van der Waals surface area contributed by atoms with Crippen LogP contribution in [0.1, 0.15) is 0 Å². The van der Waals surface area contributed by atoms with Gasteiger partial charge in [-0.25, -0.2) is 8.78 Å². The Morgan fingerprint density at radius 2 is 1.74 bits per heavy atom. The Balaban J connectivity index is 1.91. The van der Waals surface area contributed by atoms with Gasteiger partial charge in [0.05, 0.1) is 10.6 Å². The molecule has 0 atom stereocenters. The molecule has 0 aliphatic heterocycles. The Kier molecular flexibility index (Phi) is 3.32. The summed E-state index contributed by atoms with van der Waals surface area (Å²) in [4.78, 5) is 0.471. The van der Waals surface area contributed by atoms with E-state index in [0.717, 1.165) is 11.6 Å². The number of hydrogen-bond acceptors (Lipinski definition) is 4. The van der Waals surface area contributed by atoms with E-state index in [1.165, 1.54) is 28.0 Å². The molecule has 0 amide bonds.